The van der Waals surface area contributed by atoms with Gasteiger partial charge < -0.3 is 0 Å². The van der Waals surface area contributed by atoms with Crippen molar-refractivity contribution < 1.29 is 0 Å². The van der Waals surface area contributed by atoms with Crippen molar-refractivity contribution in [3.63, 3.8) is 0 Å². The minimum atomic E-state index is 0.631. The average Bonchev–Trinajstić information content (AvgIpc) is 2.47. The first-order chi connectivity index (χ1) is 9.63. The van der Waals surface area contributed by atoms with Crippen LogP contribution in [-0.2, 0) is 6.42 Å². The average molecular weight is 271 g/mol. The van der Waals surface area contributed by atoms with E-state index in [1.807, 2.05) is 0 Å². The Morgan fingerprint density at radius 1 is 1.15 bits per heavy atom. The van der Waals surface area contributed by atoms with Gasteiger partial charge in [-0.15, -0.1) is 0 Å². The molecule has 0 aromatic heterocycles. The molecule has 0 nitrogen and oxygen atoms in total. The van der Waals surface area contributed by atoms with Gasteiger partial charge in [0.1, 0.15) is 0 Å². The lowest BCUT2D eigenvalue weighted by atomic mass is 9.79. The van der Waals surface area contributed by atoms with Crippen molar-refractivity contribution >= 4 is 0 Å². The molecule has 1 aliphatic rings. The second-order valence-corrected chi connectivity index (χ2v) is 7.00. The fraction of sp³-hybridized carbons (Fsp3) is 0.700. The highest BCUT2D eigenvalue weighted by molar-refractivity contribution is 5.38. The fourth-order valence-corrected chi connectivity index (χ4v) is 3.66. The Labute approximate surface area is 126 Å². The minimum Gasteiger partial charge on any atom is -0.0648 e. The summed E-state index contributed by atoms with van der Waals surface area (Å²) in [5.74, 6) is 2.19. The van der Waals surface area contributed by atoms with Crippen LogP contribution in [0.4, 0.5) is 0 Å². The smallest absolute Gasteiger partial charge is 0.0143 e. The Balaban J connectivity index is 2.30. The molecule has 0 aliphatic heterocycles. The lowest BCUT2D eigenvalue weighted by Gasteiger charge is -2.26. The van der Waals surface area contributed by atoms with E-state index in [1.165, 1.54) is 50.5 Å². The van der Waals surface area contributed by atoms with Gasteiger partial charge >= 0.3 is 0 Å². The van der Waals surface area contributed by atoms with E-state index in [2.05, 4.69) is 45.9 Å². The van der Waals surface area contributed by atoms with Gasteiger partial charge in [0.25, 0.3) is 0 Å². The van der Waals surface area contributed by atoms with Crippen molar-refractivity contribution in [3.05, 3.63) is 34.9 Å². The van der Waals surface area contributed by atoms with Crippen LogP contribution < -0.4 is 0 Å². The summed E-state index contributed by atoms with van der Waals surface area (Å²) in [5.41, 5.74) is 4.72. The second kappa shape index (κ2) is 7.29. The van der Waals surface area contributed by atoms with Crippen molar-refractivity contribution in [2.45, 2.75) is 84.5 Å². The Morgan fingerprint density at radius 3 is 2.45 bits per heavy atom. The lowest BCUT2D eigenvalue weighted by molar-refractivity contribution is 0.354. The third kappa shape index (κ3) is 3.65. The van der Waals surface area contributed by atoms with Crippen LogP contribution >= 0.6 is 0 Å². The second-order valence-electron chi connectivity index (χ2n) is 7.00. The Kier molecular flexibility index (Phi) is 5.69. The van der Waals surface area contributed by atoms with Crippen LogP contribution in [0.25, 0.3) is 0 Å². The molecule has 0 amide bonds. The molecule has 0 bridgehead atoms. The first-order valence-corrected chi connectivity index (χ1v) is 8.66. The summed E-state index contributed by atoms with van der Waals surface area (Å²) in [5, 5.41) is 0. The summed E-state index contributed by atoms with van der Waals surface area (Å²) in [4.78, 5) is 0. The maximum absolute atomic E-state index is 3.57. The summed E-state index contributed by atoms with van der Waals surface area (Å²) in [6.45, 7) is 9.32. The molecule has 1 saturated carbocycles. The molecule has 1 aliphatic carbocycles. The summed E-state index contributed by atoms with van der Waals surface area (Å²) < 4.78 is 0. The number of rotatable bonds is 5. The van der Waals surface area contributed by atoms with E-state index >= 15 is 0 Å². The normalized spacial score (nSPS) is 18.4. The van der Waals surface area contributed by atoms with E-state index in [4.69, 9.17) is 0 Å². The summed E-state index contributed by atoms with van der Waals surface area (Å²) in [6, 6.07) is 8.04. The zero-order valence-corrected chi connectivity index (χ0v) is 13.8. The fourth-order valence-electron chi connectivity index (χ4n) is 3.66. The predicted molar refractivity (Wildman–Crippen MR) is 88.4 cm³/mol. The highest BCUT2D eigenvalue weighted by Gasteiger charge is 2.20. The molecule has 1 unspecified atom stereocenters. The summed E-state index contributed by atoms with van der Waals surface area (Å²) >= 11 is 0. The zero-order valence-electron chi connectivity index (χ0n) is 13.8. The molecule has 1 atom stereocenters. The summed E-state index contributed by atoms with van der Waals surface area (Å²) in [7, 11) is 0. The van der Waals surface area contributed by atoms with Gasteiger partial charge in [0.15, 0.2) is 0 Å². The maximum atomic E-state index is 3.57. The molecule has 0 spiro atoms. The van der Waals surface area contributed by atoms with Crippen molar-refractivity contribution in [1.29, 1.82) is 0 Å². The van der Waals surface area contributed by atoms with Crippen molar-refractivity contribution in [2.75, 3.05) is 0 Å². The van der Waals surface area contributed by atoms with E-state index in [0.29, 0.717) is 11.8 Å². The number of hydrogen-bond donors (Lipinski definition) is 0. The number of hydrogen-bond acceptors (Lipinski definition) is 0. The van der Waals surface area contributed by atoms with Crippen molar-refractivity contribution in [3.8, 4) is 0 Å². The molecule has 1 fully saturated rings. The Hall–Kier alpha value is -0.780. The maximum Gasteiger partial charge on any atom is -0.0143 e. The molecule has 0 heterocycles. The van der Waals surface area contributed by atoms with Crippen molar-refractivity contribution in [2.24, 2.45) is 5.92 Å². The molecule has 1 aromatic carbocycles. The van der Waals surface area contributed by atoms with Crippen LogP contribution in [0.15, 0.2) is 12.1 Å². The van der Waals surface area contributed by atoms with Gasteiger partial charge in [0.2, 0.25) is 0 Å². The highest BCUT2D eigenvalue weighted by Crippen LogP contribution is 2.34. The number of benzene rings is 1. The van der Waals surface area contributed by atoms with Crippen LogP contribution in [0.1, 0.15) is 94.7 Å². The topological polar surface area (TPSA) is 0 Å². The van der Waals surface area contributed by atoms with Crippen LogP contribution in [0.3, 0.4) is 0 Å². The molecule has 111 valence electrons. The Bertz CT molecular complexity index is 410. The molecule has 1 aromatic rings. The monoisotopic (exact) mass is 271 g/mol. The van der Waals surface area contributed by atoms with E-state index in [9.17, 15) is 0 Å². The van der Waals surface area contributed by atoms with Crippen LogP contribution in [0.2, 0.25) is 0 Å². The molecule has 0 saturated heterocycles. The van der Waals surface area contributed by atoms with Gasteiger partial charge in [-0.1, -0.05) is 71.9 Å². The molecule has 0 N–H and O–H groups in total. The van der Waals surface area contributed by atoms with Gasteiger partial charge in [0.05, 0.1) is 0 Å². The molecule has 0 heteroatoms. The predicted octanol–water partition coefficient (Wildman–Crippen LogP) is 6.25. The third-order valence-corrected chi connectivity index (χ3v) is 5.12. The molecule has 20 heavy (non-hydrogen) atoms. The van der Waals surface area contributed by atoms with E-state index in [0.717, 1.165) is 5.92 Å². The highest BCUT2D eigenvalue weighted by atomic mass is 14.3. The molecule has 1 radical (unpaired) electrons. The van der Waals surface area contributed by atoms with Gasteiger partial charge in [-0.2, -0.15) is 0 Å². The SMILES string of the molecule is CCC(C)c1[c]ccc(C(C)C)c1CC1CCCCC1. The van der Waals surface area contributed by atoms with E-state index in [-0.39, 0.29) is 0 Å². The van der Waals surface area contributed by atoms with E-state index < -0.39 is 0 Å². The Morgan fingerprint density at radius 2 is 1.85 bits per heavy atom. The largest absolute Gasteiger partial charge is 0.0648 e. The summed E-state index contributed by atoms with van der Waals surface area (Å²) in [6.07, 6.45) is 9.72. The molecular formula is C20H31. The standard InChI is InChI=1S/C20H31/c1-5-16(4)19-13-9-12-18(15(2)3)20(19)14-17-10-7-6-8-11-17/h9,12,15-17H,5-8,10-11,14H2,1-4H3. The van der Waals surface area contributed by atoms with Gasteiger partial charge in [0, 0.05) is 0 Å². The first kappa shape index (κ1) is 15.6. The van der Waals surface area contributed by atoms with Crippen LogP contribution in [-0.4, -0.2) is 0 Å². The lowest BCUT2D eigenvalue weighted by Crippen LogP contribution is -2.14. The van der Waals surface area contributed by atoms with E-state index in [1.54, 1.807) is 11.1 Å². The first-order valence-electron chi connectivity index (χ1n) is 8.66. The molecular weight excluding hydrogens is 240 g/mol. The quantitative estimate of drug-likeness (QED) is 0.594. The van der Waals surface area contributed by atoms with Crippen LogP contribution in [0, 0.1) is 12.0 Å². The minimum absolute atomic E-state index is 0.631. The van der Waals surface area contributed by atoms with Crippen LogP contribution in [0.5, 0.6) is 0 Å². The van der Waals surface area contributed by atoms with Gasteiger partial charge in [-0.3, -0.25) is 0 Å². The molecule has 2 rings (SSSR count). The zero-order chi connectivity index (χ0) is 14.5. The van der Waals surface area contributed by atoms with Gasteiger partial charge in [-0.05, 0) is 53.4 Å². The van der Waals surface area contributed by atoms with Crippen molar-refractivity contribution in [1.82, 2.24) is 0 Å². The third-order valence-electron chi connectivity index (χ3n) is 5.12. The van der Waals surface area contributed by atoms with Gasteiger partial charge in [-0.25, -0.2) is 0 Å².